The van der Waals surface area contributed by atoms with Gasteiger partial charge in [-0.2, -0.15) is 4.98 Å². The summed E-state index contributed by atoms with van der Waals surface area (Å²) in [6.07, 6.45) is 1.26. The van der Waals surface area contributed by atoms with Crippen LogP contribution >= 0.6 is 11.6 Å². The zero-order chi connectivity index (χ0) is 13.9. The predicted molar refractivity (Wildman–Crippen MR) is 71.4 cm³/mol. The molecule has 0 saturated heterocycles. The standard InChI is InChI=1S/C13H13ClFN3O/c1-13(19,7-9-5-3-2-4-6-9)18-11-10(15)8-16-12(14)17-11/h2-6,8,19H,7H2,1H3,(H,16,17,18). The molecule has 0 spiro atoms. The largest absolute Gasteiger partial charge is 0.371 e. The van der Waals surface area contributed by atoms with Gasteiger partial charge in [0.15, 0.2) is 11.6 Å². The van der Waals surface area contributed by atoms with Crippen molar-refractivity contribution in [3.05, 3.63) is 53.2 Å². The van der Waals surface area contributed by atoms with Crippen molar-refractivity contribution >= 4 is 17.4 Å². The van der Waals surface area contributed by atoms with Gasteiger partial charge in [-0.3, -0.25) is 0 Å². The molecule has 2 N–H and O–H groups in total. The molecule has 1 heterocycles. The highest BCUT2D eigenvalue weighted by molar-refractivity contribution is 6.28. The number of hydrogen-bond acceptors (Lipinski definition) is 4. The second kappa shape index (κ2) is 5.50. The lowest BCUT2D eigenvalue weighted by molar-refractivity contribution is 0.0898. The molecular weight excluding hydrogens is 269 g/mol. The first-order valence-electron chi connectivity index (χ1n) is 5.69. The summed E-state index contributed by atoms with van der Waals surface area (Å²) in [5, 5.41) is 12.8. The molecule has 0 fully saturated rings. The zero-order valence-corrected chi connectivity index (χ0v) is 11.0. The average Bonchev–Trinajstić information content (AvgIpc) is 2.34. The van der Waals surface area contributed by atoms with E-state index in [2.05, 4.69) is 15.3 Å². The topological polar surface area (TPSA) is 58.0 Å². The van der Waals surface area contributed by atoms with Crippen molar-refractivity contribution in [3.8, 4) is 0 Å². The Morgan fingerprint density at radius 1 is 1.37 bits per heavy atom. The third-order valence-electron chi connectivity index (χ3n) is 2.49. The number of halogens is 2. The number of aromatic nitrogens is 2. The number of aliphatic hydroxyl groups is 1. The summed E-state index contributed by atoms with van der Waals surface area (Å²) < 4.78 is 13.5. The van der Waals surface area contributed by atoms with E-state index in [0.29, 0.717) is 6.42 Å². The van der Waals surface area contributed by atoms with Crippen molar-refractivity contribution in [3.63, 3.8) is 0 Å². The van der Waals surface area contributed by atoms with Crippen LogP contribution in [0.3, 0.4) is 0 Å². The van der Waals surface area contributed by atoms with E-state index in [4.69, 9.17) is 11.6 Å². The highest BCUT2D eigenvalue weighted by Gasteiger charge is 2.23. The van der Waals surface area contributed by atoms with Gasteiger partial charge in [-0.15, -0.1) is 0 Å². The van der Waals surface area contributed by atoms with Crippen LogP contribution in [0.25, 0.3) is 0 Å². The SMILES string of the molecule is CC(O)(Cc1ccccc1)Nc1nc(Cl)ncc1F. The maximum atomic E-state index is 13.5. The summed E-state index contributed by atoms with van der Waals surface area (Å²) in [5.41, 5.74) is -0.430. The molecule has 1 atom stereocenters. The van der Waals surface area contributed by atoms with Gasteiger partial charge in [-0.1, -0.05) is 30.3 Å². The maximum absolute atomic E-state index is 13.5. The molecule has 2 rings (SSSR count). The van der Waals surface area contributed by atoms with Crippen LogP contribution in [0, 0.1) is 5.82 Å². The second-order valence-electron chi connectivity index (χ2n) is 4.40. The number of anilines is 1. The molecule has 1 unspecified atom stereocenters. The Labute approximate surface area is 115 Å². The van der Waals surface area contributed by atoms with Crippen molar-refractivity contribution in [2.24, 2.45) is 0 Å². The predicted octanol–water partition coefficient (Wildman–Crippen LogP) is 2.63. The van der Waals surface area contributed by atoms with Crippen molar-refractivity contribution in [2.75, 3.05) is 5.32 Å². The van der Waals surface area contributed by atoms with Crippen LogP contribution < -0.4 is 5.32 Å². The lowest BCUT2D eigenvalue weighted by atomic mass is 10.0. The lowest BCUT2D eigenvalue weighted by Crippen LogP contribution is -2.37. The summed E-state index contributed by atoms with van der Waals surface area (Å²) in [6.45, 7) is 1.54. The van der Waals surface area contributed by atoms with E-state index >= 15 is 0 Å². The van der Waals surface area contributed by atoms with Gasteiger partial charge >= 0.3 is 0 Å². The fourth-order valence-corrected chi connectivity index (χ4v) is 1.86. The van der Waals surface area contributed by atoms with Gasteiger partial charge in [0.25, 0.3) is 0 Å². The molecule has 0 amide bonds. The molecule has 0 aliphatic rings. The Kier molecular flexibility index (Phi) is 3.97. The first-order chi connectivity index (χ1) is 8.96. The Morgan fingerprint density at radius 2 is 2.05 bits per heavy atom. The monoisotopic (exact) mass is 281 g/mol. The number of benzene rings is 1. The van der Waals surface area contributed by atoms with Crippen LogP contribution in [0.15, 0.2) is 36.5 Å². The van der Waals surface area contributed by atoms with Gasteiger partial charge in [-0.25, -0.2) is 9.37 Å². The minimum atomic E-state index is -1.35. The molecule has 0 bridgehead atoms. The Morgan fingerprint density at radius 3 is 2.74 bits per heavy atom. The summed E-state index contributed by atoms with van der Waals surface area (Å²) in [4.78, 5) is 7.22. The second-order valence-corrected chi connectivity index (χ2v) is 4.73. The van der Waals surface area contributed by atoms with Gasteiger partial charge in [-0.05, 0) is 24.1 Å². The summed E-state index contributed by atoms with van der Waals surface area (Å²) >= 11 is 5.60. The van der Waals surface area contributed by atoms with Crippen molar-refractivity contribution in [1.29, 1.82) is 0 Å². The van der Waals surface area contributed by atoms with Gasteiger partial charge in [0.05, 0.1) is 6.20 Å². The van der Waals surface area contributed by atoms with Gasteiger partial charge in [0.2, 0.25) is 5.28 Å². The zero-order valence-electron chi connectivity index (χ0n) is 10.3. The minimum absolute atomic E-state index is 0.0839. The molecule has 19 heavy (non-hydrogen) atoms. The summed E-state index contributed by atoms with van der Waals surface area (Å²) in [5.74, 6) is -0.793. The lowest BCUT2D eigenvalue weighted by Gasteiger charge is -2.25. The van der Waals surface area contributed by atoms with Gasteiger partial charge in [0.1, 0.15) is 5.72 Å². The van der Waals surface area contributed by atoms with Crippen molar-refractivity contribution in [1.82, 2.24) is 9.97 Å². The number of nitrogens with zero attached hydrogens (tertiary/aromatic N) is 2. The summed E-state index contributed by atoms with van der Waals surface area (Å²) in [7, 11) is 0. The molecule has 0 saturated carbocycles. The van der Waals surface area contributed by atoms with E-state index in [1.54, 1.807) is 0 Å². The Bertz CT molecular complexity index is 563. The van der Waals surface area contributed by atoms with Crippen LogP contribution in [0.2, 0.25) is 5.28 Å². The molecule has 1 aromatic heterocycles. The Balaban J connectivity index is 2.14. The number of hydrogen-bond donors (Lipinski definition) is 2. The van der Waals surface area contributed by atoms with E-state index in [-0.39, 0.29) is 11.1 Å². The molecule has 1 aromatic carbocycles. The van der Waals surface area contributed by atoms with Crippen LogP contribution in [0.4, 0.5) is 10.2 Å². The van der Waals surface area contributed by atoms with Crippen LogP contribution in [-0.2, 0) is 6.42 Å². The Hall–Kier alpha value is -1.72. The van der Waals surface area contributed by atoms with Gasteiger partial charge in [0, 0.05) is 6.42 Å². The van der Waals surface area contributed by atoms with Crippen LogP contribution in [0.1, 0.15) is 12.5 Å². The first-order valence-corrected chi connectivity index (χ1v) is 6.07. The first kappa shape index (κ1) is 13.7. The molecular formula is C13H13ClFN3O. The van der Waals surface area contributed by atoms with Gasteiger partial charge < -0.3 is 10.4 Å². The molecule has 0 aliphatic carbocycles. The third kappa shape index (κ3) is 3.87. The van der Waals surface area contributed by atoms with E-state index in [0.717, 1.165) is 11.8 Å². The quantitative estimate of drug-likeness (QED) is 0.668. The van der Waals surface area contributed by atoms with E-state index < -0.39 is 11.5 Å². The summed E-state index contributed by atoms with van der Waals surface area (Å²) in [6, 6.07) is 9.37. The molecule has 6 heteroatoms. The smallest absolute Gasteiger partial charge is 0.224 e. The fraction of sp³-hybridized carbons (Fsp3) is 0.231. The molecule has 4 nitrogen and oxygen atoms in total. The maximum Gasteiger partial charge on any atom is 0.224 e. The fourth-order valence-electron chi connectivity index (χ4n) is 1.73. The number of rotatable bonds is 4. The minimum Gasteiger partial charge on any atom is -0.371 e. The highest BCUT2D eigenvalue weighted by Crippen LogP contribution is 2.19. The molecule has 2 aromatic rings. The van der Waals surface area contributed by atoms with Crippen LogP contribution in [-0.4, -0.2) is 20.8 Å². The third-order valence-corrected chi connectivity index (χ3v) is 2.68. The molecule has 0 radical (unpaired) electrons. The molecule has 0 aliphatic heterocycles. The van der Waals surface area contributed by atoms with E-state index in [1.165, 1.54) is 6.92 Å². The number of nitrogens with one attached hydrogen (secondary N) is 1. The van der Waals surface area contributed by atoms with E-state index in [1.807, 2.05) is 30.3 Å². The molecule has 100 valence electrons. The normalized spacial score (nSPS) is 13.9. The average molecular weight is 282 g/mol. The van der Waals surface area contributed by atoms with Crippen molar-refractivity contribution in [2.45, 2.75) is 19.1 Å². The highest BCUT2D eigenvalue weighted by atomic mass is 35.5. The van der Waals surface area contributed by atoms with Crippen molar-refractivity contribution < 1.29 is 9.50 Å². The van der Waals surface area contributed by atoms with Crippen LogP contribution in [0.5, 0.6) is 0 Å². The van der Waals surface area contributed by atoms with E-state index in [9.17, 15) is 9.50 Å².